The van der Waals surface area contributed by atoms with Crippen LogP contribution in [0.25, 0.3) is 0 Å². The van der Waals surface area contributed by atoms with E-state index < -0.39 is 0 Å². The van der Waals surface area contributed by atoms with E-state index in [0.717, 1.165) is 24.0 Å². The summed E-state index contributed by atoms with van der Waals surface area (Å²) in [6, 6.07) is 6.82. The first-order chi connectivity index (χ1) is 10.0. The number of guanidine groups is 1. The number of nitrogens with two attached hydrogens (primary N) is 1. The zero-order valence-corrected chi connectivity index (χ0v) is 12.7. The Labute approximate surface area is 126 Å². The number of hydrogen-bond donors (Lipinski definition) is 2. The lowest BCUT2D eigenvalue weighted by Crippen LogP contribution is -2.35. The Morgan fingerprint density at radius 1 is 1.33 bits per heavy atom. The fourth-order valence-corrected chi connectivity index (χ4v) is 2.93. The highest BCUT2D eigenvalue weighted by Crippen LogP contribution is 2.41. The summed E-state index contributed by atoms with van der Waals surface area (Å²) >= 11 is 0. The zero-order chi connectivity index (χ0) is 15.3. The van der Waals surface area contributed by atoms with Crippen molar-refractivity contribution in [1.82, 2.24) is 5.32 Å². The molecule has 0 aliphatic heterocycles. The van der Waals surface area contributed by atoms with Crippen LogP contribution in [-0.2, 0) is 5.41 Å². The zero-order valence-electron chi connectivity index (χ0n) is 12.7. The molecule has 0 atom stereocenters. The maximum absolute atomic E-state index is 13.1. The molecule has 3 nitrogen and oxygen atoms in total. The van der Waals surface area contributed by atoms with Crippen molar-refractivity contribution in [2.45, 2.75) is 38.0 Å². The van der Waals surface area contributed by atoms with E-state index in [9.17, 15) is 4.39 Å². The van der Waals surface area contributed by atoms with Crippen LogP contribution in [0.1, 0.15) is 38.2 Å². The Morgan fingerprint density at radius 2 is 1.95 bits per heavy atom. The Morgan fingerprint density at radius 3 is 2.52 bits per heavy atom. The van der Waals surface area contributed by atoms with Crippen molar-refractivity contribution in [2.75, 3.05) is 13.1 Å². The number of benzene rings is 1. The Hall–Kier alpha value is -1.84. The topological polar surface area (TPSA) is 50.4 Å². The molecule has 0 amide bonds. The highest BCUT2D eigenvalue weighted by atomic mass is 19.1. The minimum absolute atomic E-state index is 0.00320. The SMILES string of the molecule is C=C(C)CNC(N)=NCC1(c2ccc(F)cc2)CCCC1. The molecule has 0 bridgehead atoms. The van der Waals surface area contributed by atoms with E-state index in [1.54, 1.807) is 0 Å². The van der Waals surface area contributed by atoms with Gasteiger partial charge in [0.1, 0.15) is 5.82 Å². The van der Waals surface area contributed by atoms with E-state index >= 15 is 0 Å². The molecule has 1 aromatic rings. The predicted octanol–water partition coefficient (Wildman–Crippen LogP) is 3.12. The molecular formula is C17H24FN3. The van der Waals surface area contributed by atoms with Gasteiger partial charge in [-0.25, -0.2) is 4.39 Å². The van der Waals surface area contributed by atoms with Crippen LogP contribution in [0, 0.1) is 5.82 Å². The molecule has 3 N–H and O–H groups in total. The third-order valence-electron chi connectivity index (χ3n) is 4.14. The van der Waals surface area contributed by atoms with Crippen LogP contribution in [0.2, 0.25) is 0 Å². The van der Waals surface area contributed by atoms with E-state index in [4.69, 9.17) is 5.73 Å². The van der Waals surface area contributed by atoms with Crippen molar-refractivity contribution >= 4 is 5.96 Å². The van der Waals surface area contributed by atoms with E-state index in [1.165, 1.54) is 25.0 Å². The maximum atomic E-state index is 13.1. The average Bonchev–Trinajstić information content (AvgIpc) is 2.93. The van der Waals surface area contributed by atoms with Gasteiger partial charge in [-0.3, -0.25) is 4.99 Å². The minimum Gasteiger partial charge on any atom is -0.370 e. The van der Waals surface area contributed by atoms with Crippen LogP contribution >= 0.6 is 0 Å². The number of aliphatic imine (C=N–C) groups is 1. The fraction of sp³-hybridized carbons (Fsp3) is 0.471. The molecule has 0 saturated heterocycles. The van der Waals surface area contributed by atoms with Gasteiger partial charge in [0.2, 0.25) is 0 Å². The van der Waals surface area contributed by atoms with Crippen LogP contribution in [0.15, 0.2) is 41.4 Å². The molecule has 114 valence electrons. The summed E-state index contributed by atoms with van der Waals surface area (Å²) in [5.74, 6) is 0.254. The summed E-state index contributed by atoms with van der Waals surface area (Å²) in [6.07, 6.45) is 4.53. The standard InChI is InChI=1S/C17H24FN3/c1-13(2)11-20-16(19)21-12-17(9-3-4-10-17)14-5-7-15(18)8-6-14/h5-8H,1,3-4,9-12H2,2H3,(H3,19,20,21). The van der Waals surface area contributed by atoms with Gasteiger partial charge in [0.05, 0.1) is 6.54 Å². The minimum atomic E-state index is -0.196. The third kappa shape index (κ3) is 4.06. The average molecular weight is 289 g/mol. The van der Waals surface area contributed by atoms with Gasteiger partial charge in [-0.1, -0.05) is 37.1 Å². The molecule has 1 fully saturated rings. The number of hydrogen-bond acceptors (Lipinski definition) is 1. The maximum Gasteiger partial charge on any atom is 0.188 e. The first kappa shape index (κ1) is 15.5. The molecule has 21 heavy (non-hydrogen) atoms. The lowest BCUT2D eigenvalue weighted by atomic mass is 9.79. The fourth-order valence-electron chi connectivity index (χ4n) is 2.93. The second kappa shape index (κ2) is 6.74. The van der Waals surface area contributed by atoms with Gasteiger partial charge in [0.15, 0.2) is 5.96 Å². The molecule has 0 spiro atoms. The molecule has 1 saturated carbocycles. The van der Waals surface area contributed by atoms with Crippen molar-refractivity contribution in [3.63, 3.8) is 0 Å². The lowest BCUT2D eigenvalue weighted by Gasteiger charge is -2.28. The number of nitrogens with zero attached hydrogens (tertiary/aromatic N) is 1. The van der Waals surface area contributed by atoms with Crippen molar-refractivity contribution < 1.29 is 4.39 Å². The molecule has 0 radical (unpaired) electrons. The third-order valence-corrected chi connectivity index (χ3v) is 4.14. The molecule has 1 aliphatic rings. The van der Waals surface area contributed by atoms with Crippen molar-refractivity contribution in [3.8, 4) is 0 Å². The molecule has 1 aromatic carbocycles. The quantitative estimate of drug-likeness (QED) is 0.497. The van der Waals surface area contributed by atoms with Gasteiger partial charge < -0.3 is 11.1 Å². The van der Waals surface area contributed by atoms with Crippen LogP contribution in [0.3, 0.4) is 0 Å². The van der Waals surface area contributed by atoms with Gasteiger partial charge >= 0.3 is 0 Å². The summed E-state index contributed by atoms with van der Waals surface area (Å²) in [5.41, 5.74) is 8.08. The molecule has 0 aromatic heterocycles. The van der Waals surface area contributed by atoms with Crippen LogP contribution in [0.5, 0.6) is 0 Å². The van der Waals surface area contributed by atoms with Crippen molar-refractivity contribution in [3.05, 3.63) is 47.8 Å². The van der Waals surface area contributed by atoms with Crippen LogP contribution in [-0.4, -0.2) is 19.0 Å². The molecule has 1 aliphatic carbocycles. The van der Waals surface area contributed by atoms with E-state index in [2.05, 4.69) is 16.9 Å². The van der Waals surface area contributed by atoms with E-state index in [-0.39, 0.29) is 11.2 Å². The Balaban J connectivity index is 2.10. The largest absolute Gasteiger partial charge is 0.370 e. The van der Waals surface area contributed by atoms with Gasteiger partial charge in [-0.15, -0.1) is 0 Å². The summed E-state index contributed by atoms with van der Waals surface area (Å²) in [7, 11) is 0. The Bertz CT molecular complexity index is 513. The smallest absolute Gasteiger partial charge is 0.188 e. The van der Waals surface area contributed by atoms with Gasteiger partial charge in [0.25, 0.3) is 0 Å². The summed E-state index contributed by atoms with van der Waals surface area (Å²) in [5, 5.41) is 3.05. The summed E-state index contributed by atoms with van der Waals surface area (Å²) in [4.78, 5) is 4.50. The normalized spacial score (nSPS) is 17.7. The second-order valence-electron chi connectivity index (χ2n) is 6.01. The van der Waals surface area contributed by atoms with Crippen LogP contribution in [0.4, 0.5) is 4.39 Å². The predicted molar refractivity (Wildman–Crippen MR) is 85.9 cm³/mol. The highest BCUT2D eigenvalue weighted by molar-refractivity contribution is 5.78. The number of rotatable bonds is 5. The molecule has 2 rings (SSSR count). The monoisotopic (exact) mass is 289 g/mol. The first-order valence-electron chi connectivity index (χ1n) is 7.46. The molecule has 4 heteroatoms. The van der Waals surface area contributed by atoms with Gasteiger partial charge in [-0.2, -0.15) is 0 Å². The van der Waals surface area contributed by atoms with E-state index in [1.807, 2.05) is 19.1 Å². The van der Waals surface area contributed by atoms with Crippen molar-refractivity contribution in [1.29, 1.82) is 0 Å². The highest BCUT2D eigenvalue weighted by Gasteiger charge is 2.35. The molecular weight excluding hydrogens is 265 g/mol. The van der Waals surface area contributed by atoms with Gasteiger partial charge in [-0.05, 0) is 37.5 Å². The lowest BCUT2D eigenvalue weighted by molar-refractivity contribution is 0.452. The van der Waals surface area contributed by atoms with Gasteiger partial charge in [0, 0.05) is 12.0 Å². The number of nitrogens with one attached hydrogen (secondary N) is 1. The molecule has 0 heterocycles. The second-order valence-corrected chi connectivity index (χ2v) is 6.01. The summed E-state index contributed by atoms with van der Waals surface area (Å²) < 4.78 is 13.1. The first-order valence-corrected chi connectivity index (χ1v) is 7.46. The van der Waals surface area contributed by atoms with Crippen LogP contribution < -0.4 is 11.1 Å². The molecule has 0 unspecified atom stereocenters. The Kier molecular flexibility index (Phi) is 4.99. The number of halogens is 1. The van der Waals surface area contributed by atoms with E-state index in [0.29, 0.717) is 19.0 Å². The van der Waals surface area contributed by atoms with Crippen molar-refractivity contribution in [2.24, 2.45) is 10.7 Å². The summed E-state index contributed by atoms with van der Waals surface area (Å²) in [6.45, 7) is 7.05.